The van der Waals surface area contributed by atoms with E-state index in [4.69, 9.17) is 4.42 Å². The summed E-state index contributed by atoms with van der Waals surface area (Å²) < 4.78 is 18.3. The van der Waals surface area contributed by atoms with Crippen molar-refractivity contribution < 1.29 is 13.6 Å². The molecule has 1 amide bonds. The lowest BCUT2D eigenvalue weighted by Gasteiger charge is -2.20. The highest BCUT2D eigenvalue weighted by molar-refractivity contribution is 5.90. The number of hydrogen-bond acceptors (Lipinski definition) is 5. The van der Waals surface area contributed by atoms with Crippen LogP contribution in [-0.2, 0) is 0 Å². The molecular weight excluding hydrogens is 287 g/mol. The minimum atomic E-state index is -0.426. The van der Waals surface area contributed by atoms with Gasteiger partial charge in [0.25, 0.3) is 5.89 Å². The van der Waals surface area contributed by atoms with Gasteiger partial charge in [0.15, 0.2) is 5.76 Å². The van der Waals surface area contributed by atoms with Gasteiger partial charge in [0, 0.05) is 18.1 Å². The van der Waals surface area contributed by atoms with Crippen LogP contribution in [0.1, 0.15) is 29.9 Å². The second kappa shape index (κ2) is 5.17. The van der Waals surface area contributed by atoms with E-state index in [1.807, 2.05) is 0 Å². The van der Waals surface area contributed by atoms with Crippen LogP contribution in [0.5, 0.6) is 0 Å². The number of amides is 1. The van der Waals surface area contributed by atoms with Gasteiger partial charge in [-0.3, -0.25) is 4.79 Å². The van der Waals surface area contributed by atoms with E-state index in [9.17, 15) is 9.18 Å². The number of rotatable bonds is 3. The second-order valence-electron chi connectivity index (χ2n) is 5.75. The van der Waals surface area contributed by atoms with Crippen molar-refractivity contribution in [3.63, 3.8) is 0 Å². The number of carbonyl (C=O) groups excluding carboxylic acids is 1. The molecule has 0 saturated carbocycles. The molecule has 22 heavy (non-hydrogen) atoms. The maximum atomic E-state index is 12.9. The smallest absolute Gasteiger partial charge is 0.307 e. The van der Waals surface area contributed by atoms with Gasteiger partial charge in [0.05, 0.1) is 12.4 Å². The monoisotopic (exact) mass is 302 g/mol. The molecule has 2 aromatic heterocycles. The van der Waals surface area contributed by atoms with Crippen molar-refractivity contribution in [1.29, 1.82) is 0 Å². The fourth-order valence-electron chi connectivity index (χ4n) is 3.23. The lowest BCUT2D eigenvalue weighted by molar-refractivity contribution is 0.0896. The van der Waals surface area contributed by atoms with Gasteiger partial charge in [-0.25, -0.2) is 14.4 Å². The summed E-state index contributed by atoms with van der Waals surface area (Å²) in [5.41, 5.74) is 0.439. The van der Waals surface area contributed by atoms with E-state index >= 15 is 0 Å². The van der Waals surface area contributed by atoms with Crippen LogP contribution in [0, 0.1) is 5.82 Å². The molecule has 2 fully saturated rings. The van der Waals surface area contributed by atoms with Crippen molar-refractivity contribution in [2.24, 2.45) is 0 Å². The molecule has 0 aliphatic carbocycles. The number of carbonyl (C=O) groups is 1. The van der Waals surface area contributed by atoms with Crippen molar-refractivity contribution in [3.05, 3.63) is 36.2 Å². The Morgan fingerprint density at radius 2 is 2.23 bits per heavy atom. The molecule has 6 nitrogen and oxygen atoms in total. The molecule has 0 radical (unpaired) electrons. The van der Waals surface area contributed by atoms with E-state index in [-0.39, 0.29) is 17.8 Å². The topological polar surface area (TPSA) is 80.0 Å². The SMILES string of the molecule is O=C(NC1CC2CCC1N2)c1ncc(-c2ccc(F)cn2)o1. The van der Waals surface area contributed by atoms with Crippen LogP contribution in [0.3, 0.4) is 0 Å². The number of aromatic nitrogens is 2. The highest BCUT2D eigenvalue weighted by Gasteiger charge is 2.40. The summed E-state index contributed by atoms with van der Waals surface area (Å²) in [7, 11) is 0. The van der Waals surface area contributed by atoms with Gasteiger partial charge < -0.3 is 15.1 Å². The van der Waals surface area contributed by atoms with E-state index in [1.165, 1.54) is 24.8 Å². The third-order valence-electron chi connectivity index (χ3n) is 4.30. The van der Waals surface area contributed by atoms with Crippen molar-refractivity contribution in [2.75, 3.05) is 0 Å². The fraction of sp³-hybridized carbons (Fsp3) is 0.400. The Bertz CT molecular complexity index is 700. The first-order valence-corrected chi connectivity index (χ1v) is 7.34. The van der Waals surface area contributed by atoms with Crippen LogP contribution in [-0.4, -0.2) is 34.0 Å². The zero-order chi connectivity index (χ0) is 15.1. The van der Waals surface area contributed by atoms with Crippen molar-refractivity contribution in [1.82, 2.24) is 20.6 Å². The van der Waals surface area contributed by atoms with Gasteiger partial charge in [0.1, 0.15) is 11.5 Å². The van der Waals surface area contributed by atoms with Gasteiger partial charge in [-0.15, -0.1) is 0 Å². The first kappa shape index (κ1) is 13.4. The molecule has 0 aromatic carbocycles. The molecule has 114 valence electrons. The minimum Gasteiger partial charge on any atom is -0.431 e. The summed E-state index contributed by atoms with van der Waals surface area (Å²) in [5.74, 6) is -0.405. The summed E-state index contributed by atoms with van der Waals surface area (Å²) in [6.45, 7) is 0. The van der Waals surface area contributed by atoms with E-state index in [0.717, 1.165) is 19.0 Å². The van der Waals surface area contributed by atoms with Crippen LogP contribution >= 0.6 is 0 Å². The van der Waals surface area contributed by atoms with Crippen LogP contribution in [0.4, 0.5) is 4.39 Å². The predicted molar refractivity (Wildman–Crippen MR) is 75.5 cm³/mol. The number of hydrogen-bond donors (Lipinski definition) is 2. The zero-order valence-corrected chi connectivity index (χ0v) is 11.8. The maximum Gasteiger partial charge on any atom is 0.307 e. The molecule has 2 saturated heterocycles. The second-order valence-corrected chi connectivity index (χ2v) is 5.75. The largest absolute Gasteiger partial charge is 0.431 e. The van der Waals surface area contributed by atoms with Crippen molar-refractivity contribution >= 4 is 5.91 Å². The molecule has 3 unspecified atom stereocenters. The Morgan fingerprint density at radius 1 is 1.32 bits per heavy atom. The first-order chi connectivity index (χ1) is 10.7. The molecule has 2 bridgehead atoms. The summed E-state index contributed by atoms with van der Waals surface area (Å²) in [5, 5.41) is 6.42. The summed E-state index contributed by atoms with van der Waals surface area (Å²) in [6, 6.07) is 3.76. The van der Waals surface area contributed by atoms with Gasteiger partial charge in [-0.2, -0.15) is 0 Å². The standard InChI is InChI=1S/C15H15FN4O2/c16-8-1-3-11(17-6-8)13-7-18-15(22-13)14(21)20-12-5-9-2-4-10(12)19-9/h1,3,6-7,9-10,12,19H,2,4-5H2,(H,20,21). The minimum absolute atomic E-state index is 0.00361. The quantitative estimate of drug-likeness (QED) is 0.898. The Morgan fingerprint density at radius 3 is 2.91 bits per heavy atom. The molecule has 2 aromatic rings. The molecule has 3 atom stereocenters. The van der Waals surface area contributed by atoms with Gasteiger partial charge in [0.2, 0.25) is 0 Å². The molecule has 2 N–H and O–H groups in total. The van der Waals surface area contributed by atoms with Gasteiger partial charge in [-0.1, -0.05) is 0 Å². The van der Waals surface area contributed by atoms with Crippen LogP contribution in [0.2, 0.25) is 0 Å². The predicted octanol–water partition coefficient (Wildman–Crippen LogP) is 1.50. The molecule has 0 spiro atoms. The normalized spacial score (nSPS) is 26.3. The average Bonchev–Trinajstić information content (AvgIpc) is 3.24. The van der Waals surface area contributed by atoms with Gasteiger partial charge >= 0.3 is 5.91 Å². The highest BCUT2D eigenvalue weighted by atomic mass is 19.1. The Kier molecular flexibility index (Phi) is 3.15. The summed E-state index contributed by atoms with van der Waals surface area (Å²) in [6.07, 6.45) is 5.73. The van der Waals surface area contributed by atoms with E-state index in [1.54, 1.807) is 0 Å². The molecule has 4 rings (SSSR count). The fourth-order valence-corrected chi connectivity index (χ4v) is 3.23. The lowest BCUT2D eigenvalue weighted by Crippen LogP contribution is -2.43. The first-order valence-electron chi connectivity index (χ1n) is 7.34. The van der Waals surface area contributed by atoms with Crippen LogP contribution in [0.15, 0.2) is 28.9 Å². The zero-order valence-electron chi connectivity index (χ0n) is 11.8. The number of nitrogens with zero attached hydrogens (tertiary/aromatic N) is 2. The molecule has 7 heteroatoms. The molecule has 4 heterocycles. The summed E-state index contributed by atoms with van der Waals surface area (Å²) >= 11 is 0. The lowest BCUT2D eigenvalue weighted by atomic mass is 9.95. The van der Waals surface area contributed by atoms with E-state index in [2.05, 4.69) is 20.6 Å². The van der Waals surface area contributed by atoms with Crippen LogP contribution in [0.25, 0.3) is 11.5 Å². The molecule has 2 aliphatic rings. The van der Waals surface area contributed by atoms with E-state index in [0.29, 0.717) is 23.5 Å². The Balaban J connectivity index is 1.46. The van der Waals surface area contributed by atoms with Crippen molar-refractivity contribution in [3.8, 4) is 11.5 Å². The third-order valence-corrected chi connectivity index (χ3v) is 4.30. The number of fused-ring (bicyclic) bond motifs is 2. The maximum absolute atomic E-state index is 12.9. The van der Waals surface area contributed by atoms with E-state index < -0.39 is 5.82 Å². The molecule has 2 aliphatic heterocycles. The van der Waals surface area contributed by atoms with Crippen molar-refractivity contribution in [2.45, 2.75) is 37.4 Å². The number of oxazole rings is 1. The number of pyridine rings is 1. The van der Waals surface area contributed by atoms with Crippen LogP contribution < -0.4 is 10.6 Å². The third kappa shape index (κ3) is 2.37. The Hall–Kier alpha value is -2.28. The number of nitrogens with one attached hydrogen (secondary N) is 2. The van der Waals surface area contributed by atoms with Gasteiger partial charge in [-0.05, 0) is 31.4 Å². The Labute approximate surface area is 126 Å². The number of halogens is 1. The summed E-state index contributed by atoms with van der Waals surface area (Å²) in [4.78, 5) is 20.1. The molecular formula is C15H15FN4O2. The average molecular weight is 302 g/mol. The highest BCUT2D eigenvalue weighted by Crippen LogP contribution is 2.28.